The Kier molecular flexibility index (Phi) is 5.91. The van der Waals surface area contributed by atoms with Gasteiger partial charge in [0, 0.05) is 14.6 Å². The number of anilines is 1. The van der Waals surface area contributed by atoms with E-state index in [9.17, 15) is 13.6 Å². The number of carbonyl (C=O) groups is 1. The lowest BCUT2D eigenvalue weighted by molar-refractivity contribution is -0.115. The van der Waals surface area contributed by atoms with Crippen LogP contribution in [0, 0.1) is 6.92 Å². The number of amides is 1. The van der Waals surface area contributed by atoms with E-state index in [1.807, 2.05) is 6.92 Å². The second-order valence-corrected chi connectivity index (χ2v) is 7.35. The summed E-state index contributed by atoms with van der Waals surface area (Å²) in [6.07, 6.45) is 0. The highest BCUT2D eigenvalue weighted by Gasteiger charge is 2.26. The number of nitrogens with one attached hydrogen (secondary N) is 1. The zero-order chi connectivity index (χ0) is 16.3. The number of carbonyl (C=O) groups excluding carboxylic acids is 1. The number of rotatable bonds is 4. The van der Waals surface area contributed by atoms with Crippen molar-refractivity contribution in [1.29, 1.82) is 0 Å². The minimum absolute atomic E-state index is 0.492. The largest absolute Gasteiger partial charge is 0.325 e. The van der Waals surface area contributed by atoms with Crippen LogP contribution < -0.4 is 5.32 Å². The minimum atomic E-state index is -2.31. The summed E-state index contributed by atoms with van der Waals surface area (Å²) in [5.74, 6) is -0.533. The van der Waals surface area contributed by atoms with E-state index < -0.39 is 22.2 Å². The van der Waals surface area contributed by atoms with Crippen LogP contribution in [0.25, 0.3) is 0 Å². The van der Waals surface area contributed by atoms with Gasteiger partial charge in [0.2, 0.25) is 5.91 Å². The van der Waals surface area contributed by atoms with E-state index in [-0.39, 0.29) is 0 Å². The standard InChI is InChI=1S/C15H13Br2NO3S/c1-9-12(16)7-11(8-13(9)17)18-15(19)14(22(20)21)10-5-3-2-4-6-10/h2-8,14H,1H3,(H,18,19)(H,20,21). The molecule has 0 aliphatic rings. The number of hydrogen-bond acceptors (Lipinski definition) is 2. The van der Waals surface area contributed by atoms with Crippen molar-refractivity contribution in [3.63, 3.8) is 0 Å². The molecule has 22 heavy (non-hydrogen) atoms. The van der Waals surface area contributed by atoms with E-state index in [1.165, 1.54) is 0 Å². The predicted molar refractivity (Wildman–Crippen MR) is 95.2 cm³/mol. The van der Waals surface area contributed by atoms with Crippen LogP contribution in [0.1, 0.15) is 16.4 Å². The Morgan fingerprint density at radius 3 is 2.23 bits per heavy atom. The van der Waals surface area contributed by atoms with E-state index in [0.717, 1.165) is 14.5 Å². The Morgan fingerprint density at radius 1 is 1.18 bits per heavy atom. The summed E-state index contributed by atoms with van der Waals surface area (Å²) < 4.78 is 22.7. The second-order valence-electron chi connectivity index (χ2n) is 4.62. The van der Waals surface area contributed by atoms with Gasteiger partial charge in [-0.2, -0.15) is 0 Å². The van der Waals surface area contributed by atoms with Gasteiger partial charge in [-0.15, -0.1) is 0 Å². The van der Waals surface area contributed by atoms with Crippen molar-refractivity contribution in [2.24, 2.45) is 0 Å². The molecular formula is C15H13Br2NO3S. The fraction of sp³-hybridized carbons (Fsp3) is 0.133. The van der Waals surface area contributed by atoms with E-state index in [0.29, 0.717) is 11.3 Å². The third kappa shape index (κ3) is 4.04. The van der Waals surface area contributed by atoms with Gasteiger partial charge in [0.25, 0.3) is 0 Å². The summed E-state index contributed by atoms with van der Waals surface area (Å²) in [6.45, 7) is 1.93. The van der Waals surface area contributed by atoms with Gasteiger partial charge in [-0.25, -0.2) is 4.21 Å². The molecule has 7 heteroatoms. The van der Waals surface area contributed by atoms with Gasteiger partial charge in [0.15, 0.2) is 16.3 Å². The van der Waals surface area contributed by atoms with Crippen LogP contribution in [-0.4, -0.2) is 14.7 Å². The van der Waals surface area contributed by atoms with Crippen LogP contribution in [0.15, 0.2) is 51.4 Å². The van der Waals surface area contributed by atoms with Gasteiger partial charge in [0.1, 0.15) is 0 Å². The van der Waals surface area contributed by atoms with Crippen LogP contribution in [0.2, 0.25) is 0 Å². The summed E-state index contributed by atoms with van der Waals surface area (Å²) in [7, 11) is 0. The van der Waals surface area contributed by atoms with E-state index in [2.05, 4.69) is 37.2 Å². The lowest BCUT2D eigenvalue weighted by Crippen LogP contribution is -2.24. The Hall–Kier alpha value is -1.02. The lowest BCUT2D eigenvalue weighted by atomic mass is 10.1. The second kappa shape index (κ2) is 7.50. The van der Waals surface area contributed by atoms with E-state index >= 15 is 0 Å². The third-order valence-corrected chi connectivity index (χ3v) is 5.63. The maximum absolute atomic E-state index is 12.4. The minimum Gasteiger partial charge on any atom is -0.325 e. The monoisotopic (exact) mass is 445 g/mol. The topological polar surface area (TPSA) is 66.4 Å². The smallest absolute Gasteiger partial charge is 0.247 e. The molecule has 0 aliphatic carbocycles. The molecule has 1 amide bonds. The predicted octanol–water partition coefficient (Wildman–Crippen LogP) is 4.42. The van der Waals surface area contributed by atoms with Gasteiger partial charge in [-0.05, 0) is 30.2 Å². The molecule has 2 N–H and O–H groups in total. The van der Waals surface area contributed by atoms with Gasteiger partial charge < -0.3 is 9.87 Å². The van der Waals surface area contributed by atoms with Crippen molar-refractivity contribution in [2.45, 2.75) is 12.2 Å². The van der Waals surface area contributed by atoms with Crippen LogP contribution in [-0.2, 0) is 15.9 Å². The molecule has 0 bridgehead atoms. The number of halogens is 2. The maximum atomic E-state index is 12.4. The molecule has 0 radical (unpaired) electrons. The molecule has 0 saturated heterocycles. The molecular weight excluding hydrogens is 434 g/mol. The number of benzene rings is 2. The quantitative estimate of drug-likeness (QED) is 0.683. The highest BCUT2D eigenvalue weighted by atomic mass is 79.9. The number of hydrogen-bond donors (Lipinski definition) is 2. The molecule has 0 fully saturated rings. The molecule has 116 valence electrons. The van der Waals surface area contributed by atoms with Crippen molar-refractivity contribution in [1.82, 2.24) is 0 Å². The first kappa shape index (κ1) is 17.3. The maximum Gasteiger partial charge on any atom is 0.247 e. The summed E-state index contributed by atoms with van der Waals surface area (Å²) in [5.41, 5.74) is 2.04. The molecule has 2 unspecified atom stereocenters. The first-order chi connectivity index (χ1) is 10.4. The summed E-state index contributed by atoms with van der Waals surface area (Å²) in [6, 6.07) is 12.0. The van der Waals surface area contributed by atoms with Crippen molar-refractivity contribution in [2.75, 3.05) is 5.32 Å². The molecule has 0 saturated carbocycles. The average Bonchev–Trinajstić information content (AvgIpc) is 2.45. The fourth-order valence-corrected chi connectivity index (χ4v) is 3.73. The molecule has 0 spiro atoms. The molecule has 2 atom stereocenters. The zero-order valence-corrected chi connectivity index (χ0v) is 15.5. The third-order valence-electron chi connectivity index (χ3n) is 3.09. The molecule has 0 aliphatic heterocycles. The molecule has 4 nitrogen and oxygen atoms in total. The van der Waals surface area contributed by atoms with Gasteiger partial charge in [-0.1, -0.05) is 62.2 Å². The van der Waals surface area contributed by atoms with Crippen LogP contribution in [0.5, 0.6) is 0 Å². The van der Waals surface area contributed by atoms with Gasteiger partial charge in [0.05, 0.1) is 0 Å². The van der Waals surface area contributed by atoms with Crippen LogP contribution in [0.4, 0.5) is 5.69 Å². The van der Waals surface area contributed by atoms with Crippen LogP contribution >= 0.6 is 31.9 Å². The van der Waals surface area contributed by atoms with Crippen molar-refractivity contribution in [3.8, 4) is 0 Å². The normalized spacial score (nSPS) is 13.5. The lowest BCUT2D eigenvalue weighted by Gasteiger charge is -2.15. The van der Waals surface area contributed by atoms with Crippen LogP contribution in [0.3, 0.4) is 0 Å². The summed E-state index contributed by atoms with van der Waals surface area (Å²) in [4.78, 5) is 12.4. The zero-order valence-electron chi connectivity index (χ0n) is 11.5. The van der Waals surface area contributed by atoms with E-state index in [4.69, 9.17) is 0 Å². The highest BCUT2D eigenvalue weighted by Crippen LogP contribution is 2.30. The average molecular weight is 447 g/mol. The molecule has 2 rings (SSSR count). The van der Waals surface area contributed by atoms with E-state index in [1.54, 1.807) is 42.5 Å². The molecule has 2 aromatic rings. The fourth-order valence-electron chi connectivity index (χ4n) is 1.91. The Labute approximate surface area is 147 Å². The van der Waals surface area contributed by atoms with Crippen molar-refractivity contribution < 1.29 is 13.6 Å². The molecule has 2 aromatic carbocycles. The first-order valence-electron chi connectivity index (χ1n) is 6.31. The Bertz CT molecular complexity index is 699. The summed E-state index contributed by atoms with van der Waals surface area (Å²) >= 11 is 4.51. The first-order valence-corrected chi connectivity index (χ1v) is 9.07. The Morgan fingerprint density at radius 2 is 1.73 bits per heavy atom. The van der Waals surface area contributed by atoms with Gasteiger partial charge in [-0.3, -0.25) is 4.79 Å². The van der Waals surface area contributed by atoms with Gasteiger partial charge >= 0.3 is 0 Å². The molecule has 0 aromatic heterocycles. The SMILES string of the molecule is Cc1c(Br)cc(NC(=O)C(c2ccccc2)S(=O)O)cc1Br. The molecule has 0 heterocycles. The Balaban J connectivity index is 2.28. The highest BCUT2D eigenvalue weighted by molar-refractivity contribution is 9.11. The summed E-state index contributed by atoms with van der Waals surface area (Å²) in [5, 5.41) is 1.54. The van der Waals surface area contributed by atoms with Crippen molar-refractivity contribution in [3.05, 3.63) is 62.5 Å². The van der Waals surface area contributed by atoms with Crippen molar-refractivity contribution >= 4 is 54.5 Å².